The zero-order valence-corrected chi connectivity index (χ0v) is 13.5. The third kappa shape index (κ3) is 4.01. The molecular formula is C18H19ClO3. The van der Waals surface area contributed by atoms with Crippen LogP contribution in [0.2, 0.25) is 0 Å². The minimum absolute atomic E-state index is 0.0806. The molecule has 0 amide bonds. The average Bonchev–Trinajstić information content (AvgIpc) is 2.59. The number of rotatable bonds is 7. The first kappa shape index (κ1) is 16.4. The Balaban J connectivity index is 2.08. The predicted molar refractivity (Wildman–Crippen MR) is 88.4 cm³/mol. The van der Waals surface area contributed by atoms with Crippen molar-refractivity contribution in [3.8, 4) is 11.5 Å². The Morgan fingerprint density at radius 2 is 1.64 bits per heavy atom. The molecule has 2 rings (SSSR count). The van der Waals surface area contributed by atoms with E-state index in [1.165, 1.54) is 0 Å². The van der Waals surface area contributed by atoms with Crippen LogP contribution >= 0.6 is 11.6 Å². The van der Waals surface area contributed by atoms with Gasteiger partial charge < -0.3 is 9.47 Å². The van der Waals surface area contributed by atoms with Crippen LogP contribution in [0.1, 0.15) is 28.8 Å². The molecule has 0 aliphatic rings. The summed E-state index contributed by atoms with van der Waals surface area (Å²) in [7, 11) is 1.60. The summed E-state index contributed by atoms with van der Waals surface area (Å²) < 4.78 is 10.5. The second-order valence-electron chi connectivity index (χ2n) is 4.92. The molecule has 0 aliphatic carbocycles. The molecule has 4 heteroatoms. The second-order valence-corrected chi connectivity index (χ2v) is 5.30. The maximum atomic E-state index is 12.5. The maximum absolute atomic E-state index is 12.5. The highest BCUT2D eigenvalue weighted by Crippen LogP contribution is 2.24. The van der Waals surface area contributed by atoms with E-state index in [0.717, 1.165) is 17.1 Å². The highest BCUT2D eigenvalue weighted by molar-refractivity contribution is 6.18. The van der Waals surface area contributed by atoms with Crippen molar-refractivity contribution in [2.24, 2.45) is 0 Å². The molecule has 1 atom stereocenters. The van der Waals surface area contributed by atoms with E-state index in [2.05, 4.69) is 0 Å². The van der Waals surface area contributed by atoms with Crippen LogP contribution in [-0.2, 0) is 0 Å². The van der Waals surface area contributed by atoms with Gasteiger partial charge in [-0.2, -0.15) is 0 Å². The van der Waals surface area contributed by atoms with Crippen molar-refractivity contribution in [1.82, 2.24) is 0 Å². The van der Waals surface area contributed by atoms with Crippen LogP contribution in [0.5, 0.6) is 11.5 Å². The van der Waals surface area contributed by atoms with Crippen molar-refractivity contribution in [3.63, 3.8) is 0 Å². The molecule has 0 spiro atoms. The minimum atomic E-state index is -0.213. The molecule has 22 heavy (non-hydrogen) atoms. The van der Waals surface area contributed by atoms with Gasteiger partial charge in [-0.1, -0.05) is 19.1 Å². The SMILES string of the molecule is COc1ccc(C(=O)C(C)c2ccc(OCCCl)cc2)cc1. The number of carbonyl (C=O) groups excluding carboxylic acids is 1. The number of halogens is 1. The fourth-order valence-corrected chi connectivity index (χ4v) is 2.24. The summed E-state index contributed by atoms with van der Waals surface area (Å²) in [6, 6.07) is 14.7. The fraction of sp³-hybridized carbons (Fsp3) is 0.278. The van der Waals surface area contributed by atoms with Crippen molar-refractivity contribution in [2.45, 2.75) is 12.8 Å². The molecular weight excluding hydrogens is 300 g/mol. The third-order valence-electron chi connectivity index (χ3n) is 3.49. The Bertz CT molecular complexity index is 605. The van der Waals surface area contributed by atoms with Crippen LogP contribution in [0.4, 0.5) is 0 Å². The lowest BCUT2D eigenvalue weighted by molar-refractivity contribution is 0.0966. The smallest absolute Gasteiger partial charge is 0.170 e. The zero-order chi connectivity index (χ0) is 15.9. The average molecular weight is 319 g/mol. The number of hydrogen-bond acceptors (Lipinski definition) is 3. The van der Waals surface area contributed by atoms with Gasteiger partial charge in [0.2, 0.25) is 0 Å². The van der Waals surface area contributed by atoms with E-state index < -0.39 is 0 Å². The van der Waals surface area contributed by atoms with Crippen molar-refractivity contribution in [2.75, 3.05) is 19.6 Å². The number of methoxy groups -OCH3 is 1. The Kier molecular flexibility index (Phi) is 5.84. The lowest BCUT2D eigenvalue weighted by Crippen LogP contribution is -2.09. The van der Waals surface area contributed by atoms with Crippen LogP contribution in [0.15, 0.2) is 48.5 Å². The zero-order valence-electron chi connectivity index (χ0n) is 12.7. The Morgan fingerprint density at radius 1 is 1.05 bits per heavy atom. The van der Waals surface area contributed by atoms with Crippen molar-refractivity contribution < 1.29 is 14.3 Å². The van der Waals surface area contributed by atoms with Gasteiger partial charge >= 0.3 is 0 Å². The quantitative estimate of drug-likeness (QED) is 0.564. The van der Waals surface area contributed by atoms with Crippen LogP contribution < -0.4 is 9.47 Å². The predicted octanol–water partition coefficient (Wildman–Crippen LogP) is 4.30. The van der Waals surface area contributed by atoms with E-state index in [4.69, 9.17) is 21.1 Å². The summed E-state index contributed by atoms with van der Waals surface area (Å²) in [5, 5.41) is 0. The normalized spacial score (nSPS) is 11.8. The number of Topliss-reactive ketones (excluding diaryl/α,β-unsaturated/α-hetero) is 1. The summed E-state index contributed by atoms with van der Waals surface area (Å²) in [5.74, 6) is 1.82. The van der Waals surface area contributed by atoms with Gasteiger partial charge in [-0.15, -0.1) is 11.6 Å². The monoisotopic (exact) mass is 318 g/mol. The lowest BCUT2D eigenvalue weighted by atomic mass is 9.92. The van der Waals surface area contributed by atoms with Crippen LogP contribution in [0.3, 0.4) is 0 Å². The summed E-state index contributed by atoms with van der Waals surface area (Å²) in [4.78, 5) is 12.5. The molecule has 0 radical (unpaired) electrons. The first-order chi connectivity index (χ1) is 10.7. The van der Waals surface area contributed by atoms with Gasteiger partial charge in [-0.05, 0) is 42.0 Å². The summed E-state index contributed by atoms with van der Waals surface area (Å²) in [5.41, 5.74) is 1.63. The summed E-state index contributed by atoms with van der Waals surface area (Å²) >= 11 is 5.59. The van der Waals surface area contributed by atoms with Gasteiger partial charge in [0.15, 0.2) is 5.78 Å². The molecule has 3 nitrogen and oxygen atoms in total. The van der Waals surface area contributed by atoms with Gasteiger partial charge in [0.05, 0.1) is 13.0 Å². The van der Waals surface area contributed by atoms with Crippen LogP contribution in [0.25, 0.3) is 0 Å². The molecule has 1 unspecified atom stereocenters. The van der Waals surface area contributed by atoms with Gasteiger partial charge in [0.25, 0.3) is 0 Å². The number of ketones is 1. The first-order valence-corrected chi connectivity index (χ1v) is 7.66. The number of ether oxygens (including phenoxy) is 2. The molecule has 116 valence electrons. The summed E-state index contributed by atoms with van der Waals surface area (Å²) in [6.07, 6.45) is 0. The van der Waals surface area contributed by atoms with Crippen LogP contribution in [0, 0.1) is 0 Å². The third-order valence-corrected chi connectivity index (χ3v) is 3.65. The highest BCUT2D eigenvalue weighted by Gasteiger charge is 2.17. The maximum Gasteiger partial charge on any atom is 0.170 e. The molecule has 0 bridgehead atoms. The van der Waals surface area contributed by atoms with Crippen LogP contribution in [-0.4, -0.2) is 25.4 Å². The molecule has 0 N–H and O–H groups in total. The van der Waals surface area contributed by atoms with E-state index in [1.807, 2.05) is 31.2 Å². The number of benzene rings is 2. The molecule has 0 fully saturated rings. The van der Waals surface area contributed by atoms with E-state index in [0.29, 0.717) is 18.1 Å². The Morgan fingerprint density at radius 3 is 2.18 bits per heavy atom. The van der Waals surface area contributed by atoms with Gasteiger partial charge in [-0.25, -0.2) is 0 Å². The largest absolute Gasteiger partial charge is 0.497 e. The Labute approximate surface area is 135 Å². The number of alkyl halides is 1. The van der Waals surface area contributed by atoms with E-state index in [-0.39, 0.29) is 11.7 Å². The van der Waals surface area contributed by atoms with Crippen molar-refractivity contribution >= 4 is 17.4 Å². The summed E-state index contributed by atoms with van der Waals surface area (Å²) in [6.45, 7) is 2.38. The van der Waals surface area contributed by atoms with E-state index in [1.54, 1.807) is 31.4 Å². The van der Waals surface area contributed by atoms with Crippen molar-refractivity contribution in [1.29, 1.82) is 0 Å². The van der Waals surface area contributed by atoms with Crippen molar-refractivity contribution in [3.05, 3.63) is 59.7 Å². The second kappa shape index (κ2) is 7.85. The molecule has 0 aromatic heterocycles. The van der Waals surface area contributed by atoms with E-state index in [9.17, 15) is 4.79 Å². The number of carbonyl (C=O) groups is 1. The van der Waals surface area contributed by atoms with E-state index >= 15 is 0 Å². The highest BCUT2D eigenvalue weighted by atomic mass is 35.5. The van der Waals surface area contributed by atoms with Gasteiger partial charge in [-0.3, -0.25) is 4.79 Å². The lowest BCUT2D eigenvalue weighted by Gasteiger charge is -2.12. The molecule has 2 aromatic carbocycles. The standard InChI is InChI=1S/C18H19ClO3/c1-13(14-3-9-17(10-4-14)22-12-11-19)18(20)15-5-7-16(21-2)8-6-15/h3-10,13H,11-12H2,1-2H3. The molecule has 0 aliphatic heterocycles. The van der Waals surface area contributed by atoms with Gasteiger partial charge in [0.1, 0.15) is 18.1 Å². The molecule has 2 aromatic rings. The first-order valence-electron chi connectivity index (χ1n) is 7.12. The van der Waals surface area contributed by atoms with Gasteiger partial charge in [0, 0.05) is 11.5 Å². The molecule has 0 saturated carbocycles. The number of hydrogen-bond donors (Lipinski definition) is 0. The minimum Gasteiger partial charge on any atom is -0.497 e. The topological polar surface area (TPSA) is 35.5 Å². The molecule has 0 heterocycles. The molecule has 0 saturated heterocycles. The fourth-order valence-electron chi connectivity index (χ4n) is 2.17. The Hall–Kier alpha value is -2.00.